The number of ether oxygens (including phenoxy) is 1. The van der Waals surface area contributed by atoms with Crippen LogP contribution in [0.5, 0.6) is 5.75 Å². The van der Waals surface area contributed by atoms with E-state index in [1.807, 2.05) is 68.4 Å². The Morgan fingerprint density at radius 1 is 1.13 bits per heavy atom. The molecular weight excluding hydrogens is 392 g/mol. The van der Waals surface area contributed by atoms with E-state index in [0.29, 0.717) is 6.42 Å². The average Bonchev–Trinajstić information content (AvgIpc) is 3.19. The molecule has 164 valence electrons. The zero-order chi connectivity index (χ0) is 22.4. The Balaban J connectivity index is 1.78. The van der Waals surface area contributed by atoms with E-state index in [1.54, 1.807) is 24.1 Å². The van der Waals surface area contributed by atoms with Gasteiger partial charge in [0, 0.05) is 12.5 Å². The lowest BCUT2D eigenvalue weighted by molar-refractivity contribution is -0.134. The predicted molar refractivity (Wildman–Crippen MR) is 121 cm³/mol. The second-order valence-electron chi connectivity index (χ2n) is 8.04. The van der Waals surface area contributed by atoms with Crippen molar-refractivity contribution < 1.29 is 14.3 Å². The second kappa shape index (κ2) is 10.2. The molecule has 0 aliphatic carbocycles. The summed E-state index contributed by atoms with van der Waals surface area (Å²) in [6.07, 6.45) is 0.625. The zero-order valence-corrected chi connectivity index (χ0v) is 18.5. The van der Waals surface area contributed by atoms with Crippen LogP contribution in [0.15, 0.2) is 59.7 Å². The predicted octanol–water partition coefficient (Wildman–Crippen LogP) is 2.83. The maximum atomic E-state index is 13.2. The third-order valence-corrected chi connectivity index (χ3v) is 5.04. The summed E-state index contributed by atoms with van der Waals surface area (Å²) < 4.78 is 5.26. The van der Waals surface area contributed by atoms with E-state index in [0.717, 1.165) is 22.6 Å². The molecular formula is C24H30N4O3. The van der Waals surface area contributed by atoms with Gasteiger partial charge in [0.1, 0.15) is 5.75 Å². The fourth-order valence-corrected chi connectivity index (χ4v) is 3.60. The number of hydrazone groups is 1. The Labute approximate surface area is 183 Å². The van der Waals surface area contributed by atoms with Gasteiger partial charge in [-0.2, -0.15) is 5.10 Å². The van der Waals surface area contributed by atoms with Crippen LogP contribution in [0.3, 0.4) is 0 Å². The van der Waals surface area contributed by atoms with Gasteiger partial charge >= 0.3 is 0 Å². The summed E-state index contributed by atoms with van der Waals surface area (Å²) in [5.74, 6) is 0.512. The zero-order valence-electron chi connectivity index (χ0n) is 18.5. The smallest absolute Gasteiger partial charge is 0.257 e. The number of hydrogen-bond donors (Lipinski definition) is 1. The van der Waals surface area contributed by atoms with Crippen LogP contribution in [-0.4, -0.2) is 60.7 Å². The minimum absolute atomic E-state index is 0.0627. The molecule has 31 heavy (non-hydrogen) atoms. The van der Waals surface area contributed by atoms with E-state index in [2.05, 4.69) is 10.4 Å². The summed E-state index contributed by atoms with van der Waals surface area (Å²) >= 11 is 0. The molecule has 1 aliphatic rings. The van der Waals surface area contributed by atoms with Crippen molar-refractivity contribution in [3.05, 3.63) is 65.7 Å². The highest BCUT2D eigenvalue weighted by molar-refractivity contribution is 6.03. The molecule has 0 unspecified atom stereocenters. The fourth-order valence-electron chi connectivity index (χ4n) is 3.60. The van der Waals surface area contributed by atoms with Crippen LogP contribution in [0.1, 0.15) is 37.4 Å². The maximum absolute atomic E-state index is 13.2. The molecule has 0 bridgehead atoms. The molecule has 1 heterocycles. The largest absolute Gasteiger partial charge is 0.497 e. The lowest BCUT2D eigenvalue weighted by Gasteiger charge is -2.25. The summed E-state index contributed by atoms with van der Waals surface area (Å²) in [4.78, 5) is 26.9. The summed E-state index contributed by atoms with van der Waals surface area (Å²) in [7, 11) is 3.39. The van der Waals surface area contributed by atoms with Crippen molar-refractivity contribution >= 4 is 17.5 Å². The highest BCUT2D eigenvalue weighted by Gasteiger charge is 2.33. The fraction of sp³-hybridized carbons (Fsp3) is 0.375. The Morgan fingerprint density at radius 3 is 2.42 bits per heavy atom. The monoisotopic (exact) mass is 422 g/mol. The van der Waals surface area contributed by atoms with Gasteiger partial charge in [0.2, 0.25) is 5.91 Å². The molecule has 7 heteroatoms. The number of nitrogens with one attached hydrogen (secondary N) is 1. The highest BCUT2D eigenvalue weighted by Crippen LogP contribution is 2.33. The molecule has 0 saturated heterocycles. The van der Waals surface area contributed by atoms with Gasteiger partial charge in [-0.25, -0.2) is 5.01 Å². The Bertz CT molecular complexity index is 926. The first kappa shape index (κ1) is 22.5. The summed E-state index contributed by atoms with van der Waals surface area (Å²) in [6.45, 7) is 4.07. The molecule has 0 aromatic heterocycles. The van der Waals surface area contributed by atoms with Crippen molar-refractivity contribution in [1.29, 1.82) is 0 Å². The third kappa shape index (κ3) is 5.92. The van der Waals surface area contributed by atoms with Crippen molar-refractivity contribution in [2.45, 2.75) is 32.4 Å². The molecule has 7 nitrogen and oxygen atoms in total. The number of amides is 2. The first-order valence-electron chi connectivity index (χ1n) is 10.4. The SMILES string of the molecule is COc1ccc([C@@H]2CC(c3ccccc3)=NN2C(=O)CN(C)CC(=O)NC(C)C)cc1. The minimum Gasteiger partial charge on any atom is -0.497 e. The van der Waals surface area contributed by atoms with Gasteiger partial charge in [-0.1, -0.05) is 42.5 Å². The van der Waals surface area contributed by atoms with Crippen molar-refractivity contribution in [2.75, 3.05) is 27.2 Å². The van der Waals surface area contributed by atoms with Crippen LogP contribution in [0.25, 0.3) is 0 Å². The van der Waals surface area contributed by atoms with Gasteiger partial charge in [-0.15, -0.1) is 0 Å². The average molecular weight is 423 g/mol. The van der Waals surface area contributed by atoms with Gasteiger partial charge < -0.3 is 10.1 Å². The summed E-state index contributed by atoms with van der Waals surface area (Å²) in [5.41, 5.74) is 2.86. The Kier molecular flexibility index (Phi) is 7.41. The standard InChI is InChI=1S/C24H30N4O3/c1-17(2)25-23(29)15-27(3)16-24(30)28-22(19-10-12-20(31-4)13-11-19)14-21(26-28)18-8-6-5-7-9-18/h5-13,17,22H,14-16H2,1-4H3,(H,25,29)/t22-/m0/s1. The molecule has 0 saturated carbocycles. The normalized spacial score (nSPS) is 15.9. The van der Waals surface area contributed by atoms with E-state index >= 15 is 0 Å². The number of hydrogen-bond acceptors (Lipinski definition) is 5. The lowest BCUT2D eigenvalue weighted by Crippen LogP contribution is -2.42. The molecule has 0 radical (unpaired) electrons. The molecule has 2 aromatic carbocycles. The van der Waals surface area contributed by atoms with Crippen LogP contribution >= 0.6 is 0 Å². The molecule has 1 atom stereocenters. The molecule has 0 fully saturated rings. The van der Waals surface area contributed by atoms with E-state index in [4.69, 9.17) is 4.74 Å². The quantitative estimate of drug-likeness (QED) is 0.710. The number of carbonyl (C=O) groups excluding carboxylic acids is 2. The van der Waals surface area contributed by atoms with Gasteiger partial charge in [0.25, 0.3) is 5.91 Å². The molecule has 1 aliphatic heterocycles. The topological polar surface area (TPSA) is 74.2 Å². The van der Waals surface area contributed by atoms with Gasteiger partial charge in [-0.3, -0.25) is 14.5 Å². The van der Waals surface area contributed by atoms with Crippen molar-refractivity contribution in [3.8, 4) is 5.75 Å². The summed E-state index contributed by atoms with van der Waals surface area (Å²) in [6, 6.07) is 17.5. The van der Waals surface area contributed by atoms with E-state index in [1.165, 1.54) is 0 Å². The van der Waals surface area contributed by atoms with Gasteiger partial charge in [0.15, 0.2) is 0 Å². The Hall–Kier alpha value is -3.19. The third-order valence-electron chi connectivity index (χ3n) is 5.04. The molecule has 0 spiro atoms. The number of methoxy groups -OCH3 is 1. The van der Waals surface area contributed by atoms with Crippen LogP contribution in [0.4, 0.5) is 0 Å². The van der Waals surface area contributed by atoms with Crippen molar-refractivity contribution in [2.24, 2.45) is 5.10 Å². The van der Waals surface area contributed by atoms with E-state index in [-0.39, 0.29) is 37.0 Å². The van der Waals surface area contributed by atoms with Crippen molar-refractivity contribution in [1.82, 2.24) is 15.2 Å². The van der Waals surface area contributed by atoms with Gasteiger partial charge in [0.05, 0.1) is 32.0 Å². The number of rotatable bonds is 8. The van der Waals surface area contributed by atoms with Crippen molar-refractivity contribution in [3.63, 3.8) is 0 Å². The van der Waals surface area contributed by atoms with Crippen LogP contribution in [-0.2, 0) is 9.59 Å². The van der Waals surface area contributed by atoms with E-state index in [9.17, 15) is 9.59 Å². The van der Waals surface area contributed by atoms with Crippen LogP contribution in [0.2, 0.25) is 0 Å². The van der Waals surface area contributed by atoms with Crippen LogP contribution < -0.4 is 10.1 Å². The number of nitrogens with zero attached hydrogens (tertiary/aromatic N) is 3. The number of likely N-dealkylation sites (N-methyl/N-ethyl adjacent to an activating group) is 1. The lowest BCUT2D eigenvalue weighted by atomic mass is 9.98. The molecule has 2 aromatic rings. The van der Waals surface area contributed by atoms with Gasteiger partial charge in [-0.05, 0) is 44.2 Å². The number of carbonyl (C=O) groups is 2. The highest BCUT2D eigenvalue weighted by atomic mass is 16.5. The minimum atomic E-state index is -0.202. The van der Waals surface area contributed by atoms with E-state index < -0.39 is 0 Å². The second-order valence-corrected chi connectivity index (χ2v) is 8.04. The first-order chi connectivity index (χ1) is 14.9. The molecule has 3 rings (SSSR count). The maximum Gasteiger partial charge on any atom is 0.257 e. The van der Waals surface area contributed by atoms with Crippen LogP contribution in [0, 0.1) is 0 Å². The summed E-state index contributed by atoms with van der Waals surface area (Å²) in [5, 5.41) is 9.08. The molecule has 1 N–H and O–H groups in total. The molecule has 2 amide bonds. The Morgan fingerprint density at radius 2 is 1.81 bits per heavy atom. The first-order valence-corrected chi connectivity index (χ1v) is 10.4. The number of benzene rings is 2.